The molecule has 0 amide bonds. The quantitative estimate of drug-likeness (QED) is 0.646. The van der Waals surface area contributed by atoms with Crippen molar-refractivity contribution in [1.29, 1.82) is 4.78 Å². The van der Waals surface area contributed by atoms with E-state index in [4.69, 9.17) is 15.3 Å². The first kappa shape index (κ1) is 10.3. The highest BCUT2D eigenvalue weighted by atomic mass is 32.1. The standard InChI is InChI=1S/C6H9N3O2S2/c1-11-4(5(10)13-8)3-2-12-6(7)9-3/h2,4,8,13H,1H3,(H2,7,9). The Morgan fingerprint density at radius 3 is 3.00 bits per heavy atom. The molecule has 5 nitrogen and oxygen atoms in total. The van der Waals surface area contributed by atoms with E-state index < -0.39 is 6.10 Å². The highest BCUT2D eigenvalue weighted by molar-refractivity contribution is 7.84. The molecule has 72 valence electrons. The van der Waals surface area contributed by atoms with Crippen LogP contribution in [0.25, 0.3) is 0 Å². The van der Waals surface area contributed by atoms with E-state index in [1.54, 1.807) is 5.38 Å². The van der Waals surface area contributed by atoms with Crippen LogP contribution in [0.1, 0.15) is 11.8 Å². The van der Waals surface area contributed by atoms with Crippen molar-refractivity contribution < 1.29 is 9.53 Å². The van der Waals surface area contributed by atoms with Crippen molar-refractivity contribution in [2.75, 3.05) is 12.8 Å². The molecule has 1 heterocycles. The predicted octanol–water partition coefficient (Wildman–Crippen LogP) is 0.517. The first-order chi connectivity index (χ1) is 6.19. The lowest BCUT2D eigenvalue weighted by molar-refractivity contribution is -0.120. The molecule has 0 aromatic carbocycles. The largest absolute Gasteiger partial charge is 0.375 e. The topological polar surface area (TPSA) is 89.1 Å². The number of nitrogens with two attached hydrogens (primary N) is 1. The van der Waals surface area contributed by atoms with Crippen molar-refractivity contribution in [3.63, 3.8) is 0 Å². The highest BCUT2D eigenvalue weighted by Crippen LogP contribution is 2.21. The van der Waals surface area contributed by atoms with Gasteiger partial charge in [0, 0.05) is 12.5 Å². The van der Waals surface area contributed by atoms with Crippen LogP contribution in [0.3, 0.4) is 0 Å². The number of thiol groups is 1. The Hall–Kier alpha value is -0.790. The van der Waals surface area contributed by atoms with E-state index in [1.807, 2.05) is 0 Å². The third-order valence-corrected chi connectivity index (χ3v) is 2.53. The van der Waals surface area contributed by atoms with E-state index >= 15 is 0 Å². The van der Waals surface area contributed by atoms with E-state index in [-0.39, 0.29) is 16.7 Å². The van der Waals surface area contributed by atoms with E-state index in [0.717, 1.165) is 0 Å². The highest BCUT2D eigenvalue weighted by Gasteiger charge is 2.20. The van der Waals surface area contributed by atoms with Gasteiger partial charge in [-0.05, 0) is 11.6 Å². The molecule has 0 radical (unpaired) electrons. The van der Waals surface area contributed by atoms with Crippen LogP contribution in [0.2, 0.25) is 0 Å². The number of carbonyl (C=O) groups excluding carboxylic acids is 1. The number of rotatable bonds is 3. The third-order valence-electron chi connectivity index (χ3n) is 1.38. The summed E-state index contributed by atoms with van der Waals surface area (Å²) in [5.74, 6) is 0. The summed E-state index contributed by atoms with van der Waals surface area (Å²) in [5, 5.41) is 1.71. The maximum atomic E-state index is 11.2. The van der Waals surface area contributed by atoms with Crippen LogP contribution >= 0.6 is 11.3 Å². The molecule has 0 spiro atoms. The van der Waals surface area contributed by atoms with Crippen molar-refractivity contribution in [3.05, 3.63) is 11.1 Å². The first-order valence-corrected chi connectivity index (χ1v) is 5.11. The molecule has 1 unspecified atom stereocenters. The van der Waals surface area contributed by atoms with Crippen LogP contribution in [-0.4, -0.2) is 17.2 Å². The number of aromatic nitrogens is 1. The van der Waals surface area contributed by atoms with Gasteiger partial charge in [0.2, 0.25) is 5.12 Å². The smallest absolute Gasteiger partial charge is 0.231 e. The maximum Gasteiger partial charge on any atom is 0.231 e. The number of ether oxygens (including phenoxy) is 1. The molecule has 1 atom stereocenters. The normalized spacial score (nSPS) is 12.7. The number of anilines is 1. The molecule has 3 N–H and O–H groups in total. The van der Waals surface area contributed by atoms with Gasteiger partial charge < -0.3 is 10.5 Å². The fourth-order valence-corrected chi connectivity index (χ4v) is 1.76. The number of thiazole rings is 1. The van der Waals surface area contributed by atoms with Crippen molar-refractivity contribution in [2.45, 2.75) is 6.10 Å². The Labute approximate surface area is 82.9 Å². The SMILES string of the molecule is COC(C(=O)[SH]=N)c1csc(N)n1. The molecule has 1 aromatic heterocycles. The van der Waals surface area contributed by atoms with Gasteiger partial charge in [-0.3, -0.25) is 9.57 Å². The van der Waals surface area contributed by atoms with E-state index in [9.17, 15) is 4.79 Å². The second-order valence-corrected chi connectivity index (χ2v) is 3.73. The number of carbonyl (C=O) groups is 1. The number of methoxy groups -OCH3 is 1. The second kappa shape index (κ2) is 4.45. The van der Waals surface area contributed by atoms with Gasteiger partial charge in [-0.15, -0.1) is 11.3 Å². The first-order valence-electron chi connectivity index (χ1n) is 3.34. The van der Waals surface area contributed by atoms with Crippen LogP contribution in [0.5, 0.6) is 0 Å². The van der Waals surface area contributed by atoms with Crippen molar-refractivity contribution in [1.82, 2.24) is 4.98 Å². The molecule has 0 bridgehead atoms. The Kier molecular flexibility index (Phi) is 3.52. The zero-order valence-corrected chi connectivity index (χ0v) is 8.56. The number of nitrogen functional groups attached to an aromatic ring is 1. The van der Waals surface area contributed by atoms with Crippen LogP contribution in [0.15, 0.2) is 5.38 Å². The van der Waals surface area contributed by atoms with E-state index in [1.165, 1.54) is 18.4 Å². The summed E-state index contributed by atoms with van der Waals surface area (Å²) in [6.45, 7) is 0. The second-order valence-electron chi connectivity index (χ2n) is 2.18. The van der Waals surface area contributed by atoms with Crippen LogP contribution < -0.4 is 5.73 Å². The molecule has 0 aliphatic heterocycles. The fourth-order valence-electron chi connectivity index (χ4n) is 0.828. The van der Waals surface area contributed by atoms with Crippen LogP contribution in [0.4, 0.5) is 5.13 Å². The summed E-state index contributed by atoms with van der Waals surface area (Å²) in [7, 11) is 1.41. The van der Waals surface area contributed by atoms with Gasteiger partial charge in [0.25, 0.3) is 0 Å². The minimum atomic E-state index is -0.757. The Morgan fingerprint density at radius 2 is 2.62 bits per heavy atom. The molecular formula is C6H9N3O2S2. The molecule has 1 aromatic rings. The van der Waals surface area contributed by atoms with Gasteiger partial charge in [0.15, 0.2) is 11.2 Å². The van der Waals surface area contributed by atoms with Gasteiger partial charge in [-0.1, -0.05) is 0 Å². The summed E-state index contributed by atoms with van der Waals surface area (Å²) >= 11 is 1.16. The van der Waals surface area contributed by atoms with Crippen molar-refractivity contribution >= 4 is 33.1 Å². The van der Waals surface area contributed by atoms with Crippen LogP contribution in [0, 0.1) is 4.78 Å². The third kappa shape index (κ3) is 2.33. The lowest BCUT2D eigenvalue weighted by Gasteiger charge is -2.07. The van der Waals surface area contributed by atoms with Gasteiger partial charge in [-0.25, -0.2) is 4.98 Å². The molecule has 0 saturated carbocycles. The summed E-state index contributed by atoms with van der Waals surface area (Å²) in [6, 6.07) is 0. The predicted molar refractivity (Wildman–Crippen MR) is 52.8 cm³/mol. The summed E-state index contributed by atoms with van der Waals surface area (Å²) in [6.07, 6.45) is -0.757. The maximum absolute atomic E-state index is 11.2. The zero-order valence-electron chi connectivity index (χ0n) is 6.85. The molecule has 0 aliphatic rings. The van der Waals surface area contributed by atoms with Crippen molar-refractivity contribution in [2.24, 2.45) is 0 Å². The summed E-state index contributed by atoms with van der Waals surface area (Å²) < 4.78 is 11.8. The van der Waals surface area contributed by atoms with E-state index in [0.29, 0.717) is 10.8 Å². The van der Waals surface area contributed by atoms with Crippen LogP contribution in [-0.2, 0) is 21.1 Å². The van der Waals surface area contributed by atoms with Crippen molar-refractivity contribution in [3.8, 4) is 0 Å². The Bertz CT molecular complexity index is 325. The summed E-state index contributed by atoms with van der Waals surface area (Å²) in [5.41, 5.74) is 5.89. The number of hydrogen-bond acceptors (Lipinski definition) is 6. The minimum absolute atomic E-state index is 0.0826. The average molecular weight is 219 g/mol. The lowest BCUT2D eigenvalue weighted by Crippen LogP contribution is -2.13. The van der Waals surface area contributed by atoms with Gasteiger partial charge >= 0.3 is 0 Å². The fraction of sp³-hybridized carbons (Fsp3) is 0.333. The number of hydrogen-bond donors (Lipinski definition) is 3. The molecule has 13 heavy (non-hydrogen) atoms. The lowest BCUT2D eigenvalue weighted by atomic mass is 10.3. The number of nitrogens with zero attached hydrogens (tertiary/aromatic N) is 1. The van der Waals surface area contributed by atoms with Gasteiger partial charge in [0.1, 0.15) is 0 Å². The molecule has 7 heteroatoms. The van der Waals surface area contributed by atoms with Gasteiger partial charge in [0.05, 0.1) is 5.69 Å². The number of nitrogens with one attached hydrogen (secondary N) is 1. The molecule has 0 saturated heterocycles. The minimum Gasteiger partial charge on any atom is -0.375 e. The Morgan fingerprint density at radius 1 is 1.92 bits per heavy atom. The zero-order chi connectivity index (χ0) is 9.84. The Balaban J connectivity index is 2.90. The van der Waals surface area contributed by atoms with E-state index in [2.05, 4.69) is 4.98 Å². The van der Waals surface area contributed by atoms with Gasteiger partial charge in [-0.2, -0.15) is 0 Å². The molecule has 0 aliphatic carbocycles. The summed E-state index contributed by atoms with van der Waals surface area (Å²) in [4.78, 5) is 15.1. The average Bonchev–Trinajstić information content (AvgIpc) is 2.53. The molecule has 1 rings (SSSR count). The molecule has 0 fully saturated rings. The monoisotopic (exact) mass is 219 g/mol. The molecular weight excluding hydrogens is 210 g/mol.